The molecule has 22 heavy (non-hydrogen) atoms. The molecule has 7 heteroatoms. The molecule has 1 aromatic rings. The number of hydrogen-bond donors (Lipinski definition) is 3. The minimum absolute atomic E-state index is 0.0166. The van der Waals surface area contributed by atoms with Crippen LogP contribution in [0, 0.1) is 0 Å². The van der Waals surface area contributed by atoms with Crippen molar-refractivity contribution in [2.24, 2.45) is 5.73 Å². The Balaban J connectivity index is 1.87. The first-order valence-electron chi connectivity index (χ1n) is 7.26. The molecule has 0 aromatic heterocycles. The molecule has 1 heterocycles. The summed E-state index contributed by atoms with van der Waals surface area (Å²) in [7, 11) is 0. The van der Waals surface area contributed by atoms with E-state index in [1.54, 1.807) is 0 Å². The lowest BCUT2D eigenvalue weighted by Crippen LogP contribution is -2.39. The second-order valence-electron chi connectivity index (χ2n) is 5.04. The van der Waals surface area contributed by atoms with E-state index in [4.69, 9.17) is 5.73 Å². The van der Waals surface area contributed by atoms with Gasteiger partial charge in [-0.1, -0.05) is 12.1 Å². The van der Waals surface area contributed by atoms with E-state index in [0.717, 1.165) is 28.6 Å². The highest BCUT2D eigenvalue weighted by Crippen LogP contribution is 2.27. The molecule has 0 spiro atoms. The van der Waals surface area contributed by atoms with E-state index in [9.17, 15) is 9.59 Å². The van der Waals surface area contributed by atoms with Crippen molar-refractivity contribution in [3.05, 3.63) is 24.3 Å². The first kappa shape index (κ1) is 17.2. The molecule has 0 saturated carbocycles. The van der Waals surface area contributed by atoms with Gasteiger partial charge in [0.25, 0.3) is 0 Å². The minimum Gasteiger partial charge on any atom is -0.370 e. The number of nitrogens with one attached hydrogen (secondary N) is 2. The lowest BCUT2D eigenvalue weighted by molar-refractivity contribution is -0.118. The number of benzene rings is 1. The molecule has 120 valence electrons. The van der Waals surface area contributed by atoms with Crippen LogP contribution in [0.25, 0.3) is 0 Å². The number of carbonyl (C=O) groups is 2. The summed E-state index contributed by atoms with van der Waals surface area (Å²) in [5, 5.41) is 6.33. The highest BCUT2D eigenvalue weighted by atomic mass is 32.2. The smallest absolute Gasteiger partial charge is 0.226 e. The zero-order valence-electron chi connectivity index (χ0n) is 12.3. The van der Waals surface area contributed by atoms with Crippen molar-refractivity contribution in [3.63, 3.8) is 0 Å². The van der Waals surface area contributed by atoms with Crippen LogP contribution in [-0.4, -0.2) is 41.7 Å². The first-order valence-corrected chi connectivity index (χ1v) is 9.40. The van der Waals surface area contributed by atoms with Crippen LogP contribution < -0.4 is 16.4 Å². The van der Waals surface area contributed by atoms with Crippen LogP contribution in [0.2, 0.25) is 0 Å². The maximum atomic E-state index is 12.2. The Hall–Kier alpha value is -1.18. The van der Waals surface area contributed by atoms with Crippen LogP contribution in [0.1, 0.15) is 12.8 Å². The SMILES string of the molecule is NC(=O)CCSc1ccccc1NC(=O)CC1CSCCN1. The van der Waals surface area contributed by atoms with Crippen molar-refractivity contribution >= 4 is 41.0 Å². The number of para-hydroxylation sites is 1. The molecule has 5 nitrogen and oxygen atoms in total. The van der Waals surface area contributed by atoms with Crippen molar-refractivity contribution in [2.45, 2.75) is 23.8 Å². The van der Waals surface area contributed by atoms with Crippen LogP contribution in [0.4, 0.5) is 5.69 Å². The van der Waals surface area contributed by atoms with E-state index in [-0.39, 0.29) is 17.9 Å². The quantitative estimate of drug-likeness (QED) is 0.658. The molecule has 1 aliphatic heterocycles. The second-order valence-corrected chi connectivity index (χ2v) is 7.33. The molecule has 1 aromatic carbocycles. The summed E-state index contributed by atoms with van der Waals surface area (Å²) in [6.45, 7) is 0.960. The van der Waals surface area contributed by atoms with Gasteiger partial charge in [0.15, 0.2) is 0 Å². The Morgan fingerprint density at radius 2 is 2.23 bits per heavy atom. The van der Waals surface area contributed by atoms with E-state index in [1.165, 1.54) is 11.8 Å². The van der Waals surface area contributed by atoms with Gasteiger partial charge in [0.1, 0.15) is 0 Å². The van der Waals surface area contributed by atoms with Crippen LogP contribution in [0.3, 0.4) is 0 Å². The third-order valence-electron chi connectivity index (χ3n) is 3.20. The summed E-state index contributed by atoms with van der Waals surface area (Å²) in [4.78, 5) is 23.9. The zero-order valence-corrected chi connectivity index (χ0v) is 14.0. The molecule has 0 bridgehead atoms. The Bertz CT molecular complexity index is 519. The molecule has 2 amide bonds. The normalized spacial score (nSPS) is 17.9. The van der Waals surface area contributed by atoms with Crippen molar-refractivity contribution in [1.82, 2.24) is 5.32 Å². The predicted octanol–water partition coefficient (Wildman–Crippen LogP) is 1.69. The maximum absolute atomic E-state index is 12.2. The molecule has 2 rings (SSSR count). The van der Waals surface area contributed by atoms with Crippen LogP contribution in [-0.2, 0) is 9.59 Å². The number of nitrogens with two attached hydrogens (primary N) is 1. The van der Waals surface area contributed by atoms with E-state index in [2.05, 4.69) is 10.6 Å². The number of hydrogen-bond acceptors (Lipinski definition) is 5. The third-order valence-corrected chi connectivity index (χ3v) is 5.40. The topological polar surface area (TPSA) is 84.2 Å². The molecule has 0 radical (unpaired) electrons. The average molecular weight is 339 g/mol. The van der Waals surface area contributed by atoms with Gasteiger partial charge in [-0.3, -0.25) is 9.59 Å². The first-order chi connectivity index (χ1) is 10.6. The number of rotatable bonds is 7. The summed E-state index contributed by atoms with van der Waals surface area (Å²) in [5.74, 6) is 2.40. The average Bonchev–Trinajstić information content (AvgIpc) is 2.49. The standard InChI is InChI=1S/C15H21N3O2S2/c16-14(19)5-7-22-13-4-2-1-3-12(13)18-15(20)9-11-10-21-8-6-17-11/h1-4,11,17H,5-10H2,(H2,16,19)(H,18,20). The Morgan fingerprint density at radius 1 is 1.41 bits per heavy atom. The van der Waals surface area contributed by atoms with Gasteiger partial charge >= 0.3 is 0 Å². The Morgan fingerprint density at radius 3 is 2.95 bits per heavy atom. The third kappa shape index (κ3) is 5.90. The summed E-state index contributed by atoms with van der Waals surface area (Å²) in [6.07, 6.45) is 0.809. The van der Waals surface area contributed by atoms with Gasteiger partial charge in [-0.25, -0.2) is 0 Å². The number of primary amides is 1. The highest BCUT2D eigenvalue weighted by molar-refractivity contribution is 7.99. The molecule has 1 saturated heterocycles. The summed E-state index contributed by atoms with van der Waals surface area (Å²) in [5.41, 5.74) is 5.95. The van der Waals surface area contributed by atoms with Gasteiger partial charge < -0.3 is 16.4 Å². The molecule has 1 atom stereocenters. The second kappa shape index (κ2) is 9.07. The summed E-state index contributed by atoms with van der Waals surface area (Å²) >= 11 is 3.41. The van der Waals surface area contributed by atoms with Gasteiger partial charge in [0.2, 0.25) is 11.8 Å². The summed E-state index contributed by atoms with van der Waals surface area (Å²) < 4.78 is 0. The van der Waals surface area contributed by atoms with E-state index < -0.39 is 0 Å². The number of anilines is 1. The van der Waals surface area contributed by atoms with Gasteiger partial charge in [-0.2, -0.15) is 11.8 Å². The molecule has 1 aliphatic rings. The van der Waals surface area contributed by atoms with Crippen molar-refractivity contribution < 1.29 is 9.59 Å². The Kier molecular flexibility index (Phi) is 7.08. The molecular weight excluding hydrogens is 318 g/mol. The van der Waals surface area contributed by atoms with Gasteiger partial charge in [-0.05, 0) is 12.1 Å². The van der Waals surface area contributed by atoms with Crippen molar-refractivity contribution in [1.29, 1.82) is 0 Å². The lowest BCUT2D eigenvalue weighted by Gasteiger charge is -2.22. The molecule has 4 N–H and O–H groups in total. The fourth-order valence-electron chi connectivity index (χ4n) is 2.13. The molecule has 0 aliphatic carbocycles. The zero-order chi connectivity index (χ0) is 15.8. The van der Waals surface area contributed by atoms with Gasteiger partial charge in [-0.15, -0.1) is 11.8 Å². The highest BCUT2D eigenvalue weighted by Gasteiger charge is 2.17. The van der Waals surface area contributed by atoms with E-state index in [1.807, 2.05) is 36.0 Å². The fraction of sp³-hybridized carbons (Fsp3) is 0.467. The number of amides is 2. The molecule has 1 unspecified atom stereocenters. The van der Waals surface area contributed by atoms with Crippen molar-refractivity contribution in [2.75, 3.05) is 29.1 Å². The fourth-order valence-corrected chi connectivity index (χ4v) is 4.05. The van der Waals surface area contributed by atoms with E-state index in [0.29, 0.717) is 18.6 Å². The van der Waals surface area contributed by atoms with E-state index >= 15 is 0 Å². The van der Waals surface area contributed by atoms with Crippen LogP contribution in [0.15, 0.2) is 29.2 Å². The Labute approximate surface area is 139 Å². The predicted molar refractivity (Wildman–Crippen MR) is 93.3 cm³/mol. The monoisotopic (exact) mass is 339 g/mol. The van der Waals surface area contributed by atoms with Crippen LogP contribution >= 0.6 is 23.5 Å². The van der Waals surface area contributed by atoms with Gasteiger partial charge in [0, 0.05) is 47.6 Å². The number of carbonyl (C=O) groups excluding carboxylic acids is 2. The number of thioether (sulfide) groups is 2. The molecule has 1 fully saturated rings. The van der Waals surface area contributed by atoms with Gasteiger partial charge in [0.05, 0.1) is 5.69 Å². The van der Waals surface area contributed by atoms with Crippen LogP contribution in [0.5, 0.6) is 0 Å². The largest absolute Gasteiger partial charge is 0.370 e. The summed E-state index contributed by atoms with van der Waals surface area (Å²) in [6, 6.07) is 7.88. The maximum Gasteiger partial charge on any atom is 0.226 e. The minimum atomic E-state index is -0.310. The van der Waals surface area contributed by atoms with Crippen molar-refractivity contribution in [3.8, 4) is 0 Å². The lowest BCUT2D eigenvalue weighted by atomic mass is 10.2. The molecular formula is C15H21N3O2S2.